The number of para-hydroxylation sites is 1. The monoisotopic (exact) mass is 473 g/mol. The minimum atomic E-state index is -0.302. The van der Waals surface area contributed by atoms with E-state index >= 15 is 0 Å². The molecule has 0 fully saturated rings. The van der Waals surface area contributed by atoms with Crippen molar-refractivity contribution >= 4 is 41.3 Å². The van der Waals surface area contributed by atoms with E-state index in [-0.39, 0.29) is 12.7 Å². The summed E-state index contributed by atoms with van der Waals surface area (Å²) < 4.78 is 6.68. The fourth-order valence-corrected chi connectivity index (χ4v) is 4.38. The molecule has 0 radical (unpaired) electrons. The molecule has 4 rings (SSSR count). The topological polar surface area (TPSA) is 35.2 Å². The molecule has 0 aliphatic carbocycles. The molecule has 2 N–H and O–H groups in total. The second-order valence-corrected chi connectivity index (χ2v) is 9.19. The van der Waals surface area contributed by atoms with Crippen LogP contribution in [0.3, 0.4) is 0 Å². The summed E-state index contributed by atoms with van der Waals surface area (Å²) in [6.45, 7) is 3.68. The summed E-state index contributed by atoms with van der Waals surface area (Å²) in [5.41, 5.74) is 12.4. The van der Waals surface area contributed by atoms with Crippen LogP contribution < -0.4 is 15.9 Å². The summed E-state index contributed by atoms with van der Waals surface area (Å²) in [6.07, 6.45) is 0.715. The first-order valence-corrected chi connectivity index (χ1v) is 11.7. The van der Waals surface area contributed by atoms with E-state index < -0.39 is 0 Å². The van der Waals surface area contributed by atoms with Gasteiger partial charge in [0.25, 0.3) is 0 Å². The average molecular weight is 474 g/mol. The highest BCUT2D eigenvalue weighted by Crippen LogP contribution is 2.30. The standard InChI is InChI=1S/C28H26BCl2NO/c1-19-12-14-23(17-26(19)30)29(33-24-15-13-20(2)27(31)18-24)25(21-8-4-3-5-9-21)16-22-10-6-7-11-28(22)32/h3-15,17-18,25H,16,32H2,1-2H3. The van der Waals surface area contributed by atoms with E-state index in [0.29, 0.717) is 22.2 Å². The van der Waals surface area contributed by atoms with Crippen LogP contribution in [0.1, 0.15) is 28.1 Å². The number of aryl methyl sites for hydroxylation is 2. The minimum Gasteiger partial charge on any atom is -0.555 e. The molecule has 0 bridgehead atoms. The smallest absolute Gasteiger partial charge is 0.399 e. The molecular weight excluding hydrogens is 448 g/mol. The van der Waals surface area contributed by atoms with Crippen LogP contribution in [0.25, 0.3) is 0 Å². The van der Waals surface area contributed by atoms with E-state index in [4.69, 9.17) is 33.6 Å². The molecule has 4 aromatic rings. The molecule has 0 amide bonds. The Bertz CT molecular complexity index is 1250. The van der Waals surface area contributed by atoms with Gasteiger partial charge in [-0.2, -0.15) is 0 Å². The lowest BCUT2D eigenvalue weighted by atomic mass is 9.47. The van der Waals surface area contributed by atoms with Crippen LogP contribution in [-0.2, 0) is 6.42 Å². The van der Waals surface area contributed by atoms with E-state index in [2.05, 4.69) is 36.4 Å². The molecule has 33 heavy (non-hydrogen) atoms. The molecule has 1 unspecified atom stereocenters. The lowest BCUT2D eigenvalue weighted by Crippen LogP contribution is -2.44. The fraction of sp³-hybridized carbons (Fsp3) is 0.143. The highest BCUT2D eigenvalue weighted by atomic mass is 35.5. The summed E-state index contributed by atoms with van der Waals surface area (Å²) in [5, 5.41) is 1.39. The lowest BCUT2D eigenvalue weighted by Gasteiger charge is -2.27. The maximum absolute atomic E-state index is 6.68. The van der Waals surface area contributed by atoms with Crippen LogP contribution >= 0.6 is 23.2 Å². The van der Waals surface area contributed by atoms with Crippen LogP contribution in [0.2, 0.25) is 10.0 Å². The zero-order valence-electron chi connectivity index (χ0n) is 18.8. The van der Waals surface area contributed by atoms with Crippen molar-refractivity contribution in [2.24, 2.45) is 0 Å². The van der Waals surface area contributed by atoms with Gasteiger partial charge in [-0.25, -0.2) is 0 Å². The Balaban J connectivity index is 1.83. The first-order valence-electron chi connectivity index (χ1n) is 11.0. The van der Waals surface area contributed by atoms with E-state index in [1.54, 1.807) is 0 Å². The number of nitrogens with two attached hydrogens (primary N) is 1. The van der Waals surface area contributed by atoms with Crippen LogP contribution in [0.15, 0.2) is 91.0 Å². The van der Waals surface area contributed by atoms with Gasteiger partial charge in [0.15, 0.2) is 0 Å². The second kappa shape index (κ2) is 10.4. The van der Waals surface area contributed by atoms with Gasteiger partial charge in [-0.3, -0.25) is 0 Å². The SMILES string of the molecule is Cc1ccc(OB(c2ccc(C)c(Cl)c2)C(Cc2ccccc2N)c2ccccc2)cc1Cl. The predicted molar refractivity (Wildman–Crippen MR) is 142 cm³/mol. The van der Waals surface area contributed by atoms with Gasteiger partial charge in [-0.1, -0.05) is 89.9 Å². The quantitative estimate of drug-likeness (QED) is 0.231. The third kappa shape index (κ3) is 5.55. The molecule has 2 nitrogen and oxygen atoms in total. The minimum absolute atomic E-state index is 0.00486. The van der Waals surface area contributed by atoms with Crippen molar-refractivity contribution in [2.45, 2.75) is 26.1 Å². The molecule has 1 atom stereocenters. The molecule has 0 saturated carbocycles. The number of halogens is 2. The average Bonchev–Trinajstić information content (AvgIpc) is 2.82. The summed E-state index contributed by atoms with van der Waals surface area (Å²) >= 11 is 13.0. The number of hydrogen-bond acceptors (Lipinski definition) is 2. The Labute approximate surface area is 206 Å². The first kappa shape index (κ1) is 23.3. The van der Waals surface area contributed by atoms with Crippen molar-refractivity contribution in [2.75, 3.05) is 5.73 Å². The van der Waals surface area contributed by atoms with Crippen molar-refractivity contribution in [3.63, 3.8) is 0 Å². The van der Waals surface area contributed by atoms with Gasteiger partial charge in [-0.05, 0) is 72.3 Å². The maximum atomic E-state index is 6.68. The number of benzene rings is 4. The van der Waals surface area contributed by atoms with Gasteiger partial charge in [-0.15, -0.1) is 0 Å². The van der Waals surface area contributed by atoms with E-state index in [9.17, 15) is 0 Å². The van der Waals surface area contributed by atoms with Crippen molar-refractivity contribution in [3.05, 3.63) is 123 Å². The highest BCUT2D eigenvalue weighted by molar-refractivity contribution is 6.69. The largest absolute Gasteiger partial charge is 0.555 e. The molecule has 0 aliphatic heterocycles. The first-order chi connectivity index (χ1) is 15.9. The van der Waals surface area contributed by atoms with Crippen molar-refractivity contribution in [1.29, 1.82) is 0 Å². The van der Waals surface area contributed by atoms with E-state index in [1.165, 1.54) is 5.56 Å². The zero-order valence-corrected chi connectivity index (χ0v) is 20.3. The second-order valence-electron chi connectivity index (χ2n) is 8.38. The summed E-state index contributed by atoms with van der Waals surface area (Å²) in [5.74, 6) is 0.712. The number of anilines is 1. The van der Waals surface area contributed by atoms with E-state index in [0.717, 1.165) is 27.8 Å². The maximum Gasteiger partial charge on any atom is 0.399 e. The Morgan fingerprint density at radius 2 is 1.42 bits per heavy atom. The van der Waals surface area contributed by atoms with E-state index in [1.807, 2.05) is 68.4 Å². The highest BCUT2D eigenvalue weighted by Gasteiger charge is 2.34. The summed E-state index contributed by atoms with van der Waals surface area (Å²) in [4.78, 5) is 0. The number of hydrogen-bond donors (Lipinski definition) is 1. The lowest BCUT2D eigenvalue weighted by molar-refractivity contribution is 0.558. The third-order valence-corrected chi connectivity index (χ3v) is 6.83. The van der Waals surface area contributed by atoms with Gasteiger partial charge in [0.1, 0.15) is 5.75 Å². The molecule has 0 aromatic heterocycles. The normalized spacial score (nSPS) is 11.8. The molecule has 4 aromatic carbocycles. The molecular formula is C28H26BCl2NO. The fourth-order valence-electron chi connectivity index (χ4n) is 4.02. The van der Waals surface area contributed by atoms with Gasteiger partial charge in [0.2, 0.25) is 0 Å². The van der Waals surface area contributed by atoms with Gasteiger partial charge >= 0.3 is 6.92 Å². The van der Waals surface area contributed by atoms with Crippen molar-refractivity contribution < 1.29 is 4.65 Å². The molecule has 0 spiro atoms. The Kier molecular flexibility index (Phi) is 7.32. The third-order valence-electron chi connectivity index (χ3n) is 6.02. The Morgan fingerprint density at radius 1 is 0.788 bits per heavy atom. The van der Waals surface area contributed by atoms with Gasteiger partial charge in [0.05, 0.1) is 0 Å². The van der Waals surface area contributed by atoms with Crippen LogP contribution in [0.5, 0.6) is 5.75 Å². The van der Waals surface area contributed by atoms with Gasteiger partial charge in [0, 0.05) is 21.5 Å². The van der Waals surface area contributed by atoms with Crippen molar-refractivity contribution in [3.8, 4) is 5.75 Å². The van der Waals surface area contributed by atoms with Crippen LogP contribution in [0.4, 0.5) is 5.69 Å². The summed E-state index contributed by atoms with van der Waals surface area (Å²) in [6, 6.07) is 30.3. The van der Waals surface area contributed by atoms with Crippen LogP contribution in [0, 0.1) is 13.8 Å². The zero-order chi connectivity index (χ0) is 23.4. The molecule has 0 heterocycles. The molecule has 166 valence electrons. The predicted octanol–water partition coefficient (Wildman–Crippen LogP) is 7.04. The van der Waals surface area contributed by atoms with Crippen LogP contribution in [-0.4, -0.2) is 6.92 Å². The molecule has 5 heteroatoms. The Hall–Kier alpha value is -2.88. The van der Waals surface area contributed by atoms with Crippen molar-refractivity contribution in [1.82, 2.24) is 0 Å². The Morgan fingerprint density at radius 3 is 2.09 bits per heavy atom. The molecule has 0 aliphatic rings. The molecule has 0 saturated heterocycles. The summed E-state index contributed by atoms with van der Waals surface area (Å²) in [7, 11) is 0. The number of rotatable bonds is 7. The van der Waals surface area contributed by atoms with Gasteiger partial charge < -0.3 is 10.4 Å². The number of nitrogen functional groups attached to an aromatic ring is 1.